The molecule has 4 heteroatoms. The van der Waals surface area contributed by atoms with Gasteiger partial charge in [-0.25, -0.2) is 0 Å². The lowest BCUT2D eigenvalue weighted by atomic mass is 9.94. The van der Waals surface area contributed by atoms with Crippen molar-refractivity contribution in [2.75, 3.05) is 13.1 Å². The van der Waals surface area contributed by atoms with Crippen LogP contribution in [0.25, 0.3) is 0 Å². The van der Waals surface area contributed by atoms with Gasteiger partial charge in [0.15, 0.2) is 0 Å². The topological polar surface area (TPSA) is 49.4 Å². The van der Waals surface area contributed by atoms with Gasteiger partial charge in [0.2, 0.25) is 11.8 Å². The number of amides is 2. The van der Waals surface area contributed by atoms with Crippen molar-refractivity contribution in [1.82, 2.24) is 10.2 Å². The van der Waals surface area contributed by atoms with Gasteiger partial charge in [-0.15, -0.1) is 0 Å². The lowest BCUT2D eigenvalue weighted by Crippen LogP contribution is -2.46. The van der Waals surface area contributed by atoms with Gasteiger partial charge >= 0.3 is 0 Å². The third kappa shape index (κ3) is 3.71. The predicted octanol–water partition coefficient (Wildman–Crippen LogP) is 1.80. The minimum absolute atomic E-state index is 0.0558. The summed E-state index contributed by atoms with van der Waals surface area (Å²) in [7, 11) is 0. The van der Waals surface area contributed by atoms with Crippen LogP contribution in [0.2, 0.25) is 0 Å². The first-order valence-electron chi connectivity index (χ1n) is 7.58. The van der Waals surface area contributed by atoms with E-state index in [4.69, 9.17) is 0 Å². The first-order valence-corrected chi connectivity index (χ1v) is 7.58. The zero-order chi connectivity index (χ0) is 14.0. The number of likely N-dealkylation sites (tertiary alicyclic amines) is 1. The number of carbonyl (C=O) groups is 2. The third-order valence-corrected chi connectivity index (χ3v) is 4.37. The van der Waals surface area contributed by atoms with Crippen molar-refractivity contribution in [3.8, 4) is 0 Å². The van der Waals surface area contributed by atoms with Crippen LogP contribution in [0.4, 0.5) is 0 Å². The van der Waals surface area contributed by atoms with E-state index in [1.165, 1.54) is 12.8 Å². The fourth-order valence-corrected chi connectivity index (χ4v) is 2.78. The molecule has 1 atom stereocenters. The Bertz CT molecular complexity index is 342. The van der Waals surface area contributed by atoms with Gasteiger partial charge in [-0.2, -0.15) is 0 Å². The molecule has 1 heterocycles. The number of rotatable bonds is 4. The van der Waals surface area contributed by atoms with Gasteiger partial charge in [-0.05, 0) is 38.5 Å². The Balaban J connectivity index is 1.75. The van der Waals surface area contributed by atoms with Crippen LogP contribution in [-0.2, 0) is 9.59 Å². The molecule has 1 saturated heterocycles. The van der Waals surface area contributed by atoms with E-state index in [2.05, 4.69) is 12.2 Å². The molecule has 2 aliphatic rings. The Morgan fingerprint density at radius 1 is 1.05 bits per heavy atom. The summed E-state index contributed by atoms with van der Waals surface area (Å²) in [5.74, 6) is 1.26. The van der Waals surface area contributed by atoms with Gasteiger partial charge < -0.3 is 10.2 Å². The molecule has 1 aliphatic carbocycles. The van der Waals surface area contributed by atoms with Gasteiger partial charge in [-0.3, -0.25) is 9.59 Å². The lowest BCUT2D eigenvalue weighted by Gasteiger charge is -2.33. The zero-order valence-electron chi connectivity index (χ0n) is 12.3. The highest BCUT2D eigenvalue weighted by Crippen LogP contribution is 2.32. The average molecular weight is 266 g/mol. The highest BCUT2D eigenvalue weighted by atomic mass is 16.2. The standard InChI is InChI=1S/C15H26N2O2/c1-10(2)15(19)17-8-6-13(7-9-17)14(18)16-11(3)12-4-5-12/h10-13H,4-9H2,1-3H3,(H,16,18). The normalized spacial score (nSPS) is 22.4. The smallest absolute Gasteiger partial charge is 0.225 e. The summed E-state index contributed by atoms with van der Waals surface area (Å²) in [6.45, 7) is 7.42. The molecule has 0 aromatic rings. The van der Waals surface area contributed by atoms with Crippen LogP contribution in [0, 0.1) is 17.8 Å². The number of hydrogen-bond donors (Lipinski definition) is 1. The largest absolute Gasteiger partial charge is 0.353 e. The number of nitrogens with one attached hydrogen (secondary N) is 1. The van der Waals surface area contributed by atoms with E-state index in [1.54, 1.807) is 0 Å². The van der Waals surface area contributed by atoms with Crippen molar-refractivity contribution in [2.45, 2.75) is 52.5 Å². The van der Waals surface area contributed by atoms with Crippen molar-refractivity contribution < 1.29 is 9.59 Å². The molecular formula is C15H26N2O2. The Labute approximate surface area is 115 Å². The minimum atomic E-state index is 0.0558. The summed E-state index contributed by atoms with van der Waals surface area (Å²) in [6, 6.07) is 0.322. The monoisotopic (exact) mass is 266 g/mol. The van der Waals surface area contributed by atoms with Crippen LogP contribution >= 0.6 is 0 Å². The second-order valence-electron chi connectivity index (χ2n) is 6.39. The molecular weight excluding hydrogens is 240 g/mol. The molecule has 2 amide bonds. The number of hydrogen-bond acceptors (Lipinski definition) is 2. The Morgan fingerprint density at radius 3 is 2.11 bits per heavy atom. The van der Waals surface area contributed by atoms with Gasteiger partial charge in [0.05, 0.1) is 0 Å². The molecule has 0 bridgehead atoms. The first-order chi connectivity index (χ1) is 8.99. The van der Waals surface area contributed by atoms with Gasteiger partial charge in [-0.1, -0.05) is 13.8 Å². The van der Waals surface area contributed by atoms with Crippen molar-refractivity contribution in [2.24, 2.45) is 17.8 Å². The quantitative estimate of drug-likeness (QED) is 0.843. The average Bonchev–Trinajstić information content (AvgIpc) is 3.22. The number of carbonyl (C=O) groups excluding carboxylic acids is 2. The van der Waals surface area contributed by atoms with Crippen molar-refractivity contribution >= 4 is 11.8 Å². The van der Waals surface area contributed by atoms with E-state index in [0.717, 1.165) is 25.9 Å². The van der Waals surface area contributed by atoms with Crippen molar-refractivity contribution in [1.29, 1.82) is 0 Å². The molecule has 4 nitrogen and oxygen atoms in total. The summed E-state index contributed by atoms with van der Waals surface area (Å²) < 4.78 is 0. The van der Waals surface area contributed by atoms with Gasteiger partial charge in [0.25, 0.3) is 0 Å². The van der Waals surface area contributed by atoms with Gasteiger partial charge in [0, 0.05) is 31.0 Å². The second-order valence-corrected chi connectivity index (χ2v) is 6.39. The molecule has 0 aromatic heterocycles. The van der Waals surface area contributed by atoms with E-state index in [9.17, 15) is 9.59 Å². The Hall–Kier alpha value is -1.06. The maximum atomic E-state index is 12.1. The van der Waals surface area contributed by atoms with Crippen LogP contribution in [0.15, 0.2) is 0 Å². The summed E-state index contributed by atoms with van der Waals surface area (Å²) in [4.78, 5) is 25.9. The third-order valence-electron chi connectivity index (χ3n) is 4.37. The molecule has 2 rings (SSSR count). The number of piperidine rings is 1. The molecule has 1 unspecified atom stereocenters. The molecule has 1 N–H and O–H groups in total. The predicted molar refractivity (Wildman–Crippen MR) is 74.5 cm³/mol. The SMILES string of the molecule is CC(C)C(=O)N1CCC(C(=O)NC(C)C2CC2)CC1. The molecule has 0 spiro atoms. The molecule has 2 fully saturated rings. The van der Waals surface area contributed by atoms with E-state index >= 15 is 0 Å². The lowest BCUT2D eigenvalue weighted by molar-refractivity contribution is -0.138. The van der Waals surface area contributed by atoms with E-state index in [-0.39, 0.29) is 23.7 Å². The minimum Gasteiger partial charge on any atom is -0.353 e. The fraction of sp³-hybridized carbons (Fsp3) is 0.867. The summed E-state index contributed by atoms with van der Waals surface area (Å²) in [5.41, 5.74) is 0. The maximum Gasteiger partial charge on any atom is 0.225 e. The summed E-state index contributed by atoms with van der Waals surface area (Å²) in [5, 5.41) is 3.14. The van der Waals surface area contributed by atoms with Crippen LogP contribution in [0.3, 0.4) is 0 Å². The highest BCUT2D eigenvalue weighted by molar-refractivity contribution is 5.81. The van der Waals surface area contributed by atoms with E-state index in [1.807, 2.05) is 18.7 Å². The molecule has 0 aromatic carbocycles. The van der Waals surface area contributed by atoms with Crippen LogP contribution < -0.4 is 5.32 Å². The molecule has 19 heavy (non-hydrogen) atoms. The van der Waals surface area contributed by atoms with Crippen LogP contribution in [0.5, 0.6) is 0 Å². The van der Waals surface area contributed by atoms with E-state index in [0.29, 0.717) is 12.0 Å². The van der Waals surface area contributed by atoms with Gasteiger partial charge in [0.1, 0.15) is 0 Å². The maximum absolute atomic E-state index is 12.1. The fourth-order valence-electron chi connectivity index (χ4n) is 2.78. The molecule has 1 aliphatic heterocycles. The zero-order valence-corrected chi connectivity index (χ0v) is 12.3. The molecule has 108 valence electrons. The molecule has 1 saturated carbocycles. The van der Waals surface area contributed by atoms with E-state index < -0.39 is 0 Å². The number of nitrogens with zero attached hydrogens (tertiary/aromatic N) is 1. The first kappa shape index (κ1) is 14.4. The van der Waals surface area contributed by atoms with Crippen LogP contribution in [-0.4, -0.2) is 35.8 Å². The molecule has 0 radical (unpaired) electrons. The highest BCUT2D eigenvalue weighted by Gasteiger charge is 2.32. The van der Waals surface area contributed by atoms with Crippen LogP contribution in [0.1, 0.15) is 46.5 Å². The Morgan fingerprint density at radius 2 is 1.63 bits per heavy atom. The van der Waals surface area contributed by atoms with Crippen molar-refractivity contribution in [3.63, 3.8) is 0 Å². The summed E-state index contributed by atoms with van der Waals surface area (Å²) >= 11 is 0. The Kier molecular flexibility index (Phi) is 4.48. The summed E-state index contributed by atoms with van der Waals surface area (Å²) in [6.07, 6.45) is 4.12. The van der Waals surface area contributed by atoms with Crippen molar-refractivity contribution in [3.05, 3.63) is 0 Å². The second kappa shape index (κ2) is 5.93.